The van der Waals surface area contributed by atoms with Crippen LogP contribution >= 0.6 is 0 Å². The number of carbonyl (C=O) groups is 2. The summed E-state index contributed by atoms with van der Waals surface area (Å²) >= 11 is 0. The number of aliphatic hydroxyl groups excluding tert-OH is 2. The maximum atomic E-state index is 12.4. The minimum Gasteiger partial charge on any atom is -0.466 e. The molecule has 0 aromatic rings. The van der Waals surface area contributed by atoms with Crippen molar-refractivity contribution in [3.05, 3.63) is 12.2 Å². The van der Waals surface area contributed by atoms with Gasteiger partial charge in [0.2, 0.25) is 5.91 Å². The van der Waals surface area contributed by atoms with Gasteiger partial charge >= 0.3 is 5.97 Å². The molecule has 6 nitrogen and oxygen atoms in total. The largest absolute Gasteiger partial charge is 0.466 e. The fourth-order valence-corrected chi connectivity index (χ4v) is 7.69. The fraction of sp³-hybridized carbons (Fsp3) is 0.920. The van der Waals surface area contributed by atoms with Crippen LogP contribution in [0.3, 0.4) is 0 Å². The molecule has 1 amide bonds. The van der Waals surface area contributed by atoms with Crippen molar-refractivity contribution in [1.82, 2.24) is 5.32 Å². The fourth-order valence-electron chi connectivity index (χ4n) is 7.69. The first-order valence-electron chi connectivity index (χ1n) is 25.0. The molecule has 6 heteroatoms. The Morgan fingerprint density at radius 2 is 0.821 bits per heavy atom. The zero-order valence-electron chi connectivity index (χ0n) is 37.6. The average Bonchev–Trinajstić information content (AvgIpc) is 3.20. The summed E-state index contributed by atoms with van der Waals surface area (Å²) in [5, 5.41) is 23.0. The zero-order valence-corrected chi connectivity index (χ0v) is 37.6. The van der Waals surface area contributed by atoms with Gasteiger partial charge in [-0.25, -0.2) is 0 Å². The number of carbonyl (C=O) groups excluding carboxylic acids is 2. The molecule has 0 aromatic carbocycles. The highest BCUT2D eigenvalue weighted by atomic mass is 16.5. The van der Waals surface area contributed by atoms with Crippen molar-refractivity contribution in [2.24, 2.45) is 0 Å². The lowest BCUT2D eigenvalue weighted by molar-refractivity contribution is -0.143. The monoisotopic (exact) mass is 792 g/mol. The predicted octanol–water partition coefficient (Wildman–Crippen LogP) is 14.6. The van der Waals surface area contributed by atoms with Crippen LogP contribution in [0.15, 0.2) is 12.2 Å². The molecule has 2 unspecified atom stereocenters. The van der Waals surface area contributed by atoms with Crippen LogP contribution in [-0.2, 0) is 14.3 Å². The van der Waals surface area contributed by atoms with Crippen LogP contribution in [0.4, 0.5) is 0 Å². The van der Waals surface area contributed by atoms with Gasteiger partial charge in [-0.3, -0.25) is 9.59 Å². The number of amides is 1. The number of rotatable bonds is 46. The number of hydrogen-bond acceptors (Lipinski definition) is 5. The molecule has 0 bridgehead atoms. The average molecular weight is 792 g/mol. The molecule has 0 aliphatic rings. The van der Waals surface area contributed by atoms with Crippen LogP contribution in [0.1, 0.15) is 271 Å². The molecule has 0 aromatic heterocycles. The quantitative estimate of drug-likeness (QED) is 0.0324. The van der Waals surface area contributed by atoms with Gasteiger partial charge in [-0.05, 0) is 32.1 Å². The Hall–Kier alpha value is -1.40. The van der Waals surface area contributed by atoms with Crippen LogP contribution in [-0.4, -0.2) is 47.4 Å². The molecular formula is C50H97NO5. The summed E-state index contributed by atoms with van der Waals surface area (Å²) in [6.07, 6.45) is 52.1. The highest BCUT2D eigenvalue weighted by Crippen LogP contribution is 2.16. The number of ether oxygens (including phenoxy) is 1. The normalized spacial score (nSPS) is 12.7. The van der Waals surface area contributed by atoms with Crippen molar-refractivity contribution in [2.45, 2.75) is 283 Å². The Morgan fingerprint density at radius 3 is 1.21 bits per heavy atom. The number of unbranched alkanes of at least 4 members (excludes halogenated alkanes) is 35. The van der Waals surface area contributed by atoms with Crippen LogP contribution < -0.4 is 5.32 Å². The Labute approximate surface area is 349 Å². The van der Waals surface area contributed by atoms with Gasteiger partial charge in [-0.15, -0.1) is 0 Å². The molecule has 0 aliphatic heterocycles. The number of allylic oxidation sites excluding steroid dienone is 1. The van der Waals surface area contributed by atoms with Crippen molar-refractivity contribution in [1.29, 1.82) is 0 Å². The van der Waals surface area contributed by atoms with E-state index in [1.807, 2.05) is 6.08 Å². The standard InChI is InChI=1S/C50H97NO5/c1-3-5-7-9-11-13-22-26-30-34-38-42-48(53)47(46-52)51-49(54)43-39-35-31-27-24-20-18-16-15-17-19-21-25-29-33-37-41-45-56-50(55)44-40-36-32-28-23-14-12-10-8-6-4-2/h38,42,47-48,52-53H,3-37,39-41,43-46H2,1-2H3,(H,51,54)/b42-38+. The Balaban J connectivity index is 3.43. The lowest BCUT2D eigenvalue weighted by Crippen LogP contribution is -2.45. The minimum absolute atomic E-state index is 0.00386. The van der Waals surface area contributed by atoms with Crippen molar-refractivity contribution in [2.75, 3.05) is 13.2 Å². The van der Waals surface area contributed by atoms with Crippen molar-refractivity contribution in [3.63, 3.8) is 0 Å². The van der Waals surface area contributed by atoms with Gasteiger partial charge in [-0.2, -0.15) is 0 Å². The van der Waals surface area contributed by atoms with Gasteiger partial charge in [-0.1, -0.05) is 238 Å². The maximum absolute atomic E-state index is 12.4. The molecule has 3 N–H and O–H groups in total. The second kappa shape index (κ2) is 46.3. The van der Waals surface area contributed by atoms with E-state index < -0.39 is 12.1 Å². The summed E-state index contributed by atoms with van der Waals surface area (Å²) < 4.78 is 5.45. The summed E-state index contributed by atoms with van der Waals surface area (Å²) in [5.74, 6) is -0.0704. The van der Waals surface area contributed by atoms with Gasteiger partial charge < -0.3 is 20.3 Å². The van der Waals surface area contributed by atoms with Gasteiger partial charge in [0, 0.05) is 12.8 Å². The van der Waals surface area contributed by atoms with Crippen LogP contribution in [0, 0.1) is 0 Å². The van der Waals surface area contributed by atoms with Crippen LogP contribution in [0.2, 0.25) is 0 Å². The smallest absolute Gasteiger partial charge is 0.305 e. The van der Waals surface area contributed by atoms with E-state index in [1.54, 1.807) is 6.08 Å². The predicted molar refractivity (Wildman–Crippen MR) is 241 cm³/mol. The van der Waals surface area contributed by atoms with E-state index >= 15 is 0 Å². The zero-order chi connectivity index (χ0) is 40.8. The third-order valence-corrected chi connectivity index (χ3v) is 11.6. The first-order valence-corrected chi connectivity index (χ1v) is 25.0. The van der Waals surface area contributed by atoms with Crippen molar-refractivity contribution < 1.29 is 24.5 Å². The third kappa shape index (κ3) is 42.2. The number of aliphatic hydroxyl groups is 2. The summed E-state index contributed by atoms with van der Waals surface area (Å²) in [5.41, 5.74) is 0. The maximum Gasteiger partial charge on any atom is 0.305 e. The first-order chi connectivity index (χ1) is 27.5. The molecule has 0 fully saturated rings. The Bertz CT molecular complexity index is 832. The molecule has 0 spiro atoms. The first kappa shape index (κ1) is 54.6. The van der Waals surface area contributed by atoms with Crippen molar-refractivity contribution >= 4 is 11.9 Å². The van der Waals surface area contributed by atoms with E-state index in [9.17, 15) is 19.8 Å². The van der Waals surface area contributed by atoms with Crippen molar-refractivity contribution in [3.8, 4) is 0 Å². The van der Waals surface area contributed by atoms with Crippen LogP contribution in [0.5, 0.6) is 0 Å². The van der Waals surface area contributed by atoms with E-state index in [2.05, 4.69) is 19.2 Å². The second-order valence-electron chi connectivity index (χ2n) is 17.2. The van der Waals surface area contributed by atoms with Crippen LogP contribution in [0.25, 0.3) is 0 Å². The molecule has 332 valence electrons. The van der Waals surface area contributed by atoms with Gasteiger partial charge in [0.1, 0.15) is 0 Å². The third-order valence-electron chi connectivity index (χ3n) is 11.6. The van der Waals surface area contributed by atoms with Gasteiger partial charge in [0.15, 0.2) is 0 Å². The Morgan fingerprint density at radius 1 is 0.482 bits per heavy atom. The summed E-state index contributed by atoms with van der Waals surface area (Å²) in [6.45, 7) is 4.87. The lowest BCUT2D eigenvalue weighted by atomic mass is 10.0. The molecular weight excluding hydrogens is 695 g/mol. The SMILES string of the molecule is CCCCCCCCCCC/C=C/C(O)C(CO)NC(=O)CCCCCCCCCCCCCCCCCCCOC(=O)CCCCCCCCCCCCC. The van der Waals surface area contributed by atoms with Gasteiger partial charge in [0.25, 0.3) is 0 Å². The summed E-state index contributed by atoms with van der Waals surface area (Å²) in [4.78, 5) is 24.3. The molecule has 2 atom stereocenters. The van der Waals surface area contributed by atoms with Gasteiger partial charge in [0.05, 0.1) is 25.4 Å². The molecule has 56 heavy (non-hydrogen) atoms. The van der Waals surface area contributed by atoms with E-state index in [0.29, 0.717) is 19.4 Å². The lowest BCUT2D eigenvalue weighted by Gasteiger charge is -2.20. The minimum atomic E-state index is -0.845. The number of hydrogen-bond donors (Lipinski definition) is 3. The molecule has 0 radical (unpaired) electrons. The number of esters is 1. The summed E-state index contributed by atoms with van der Waals surface area (Å²) in [7, 11) is 0. The molecule has 0 rings (SSSR count). The topological polar surface area (TPSA) is 95.9 Å². The van der Waals surface area contributed by atoms with E-state index in [0.717, 1.165) is 44.9 Å². The molecule has 0 heterocycles. The highest BCUT2D eigenvalue weighted by molar-refractivity contribution is 5.76. The molecule has 0 saturated carbocycles. The number of nitrogens with one attached hydrogen (secondary N) is 1. The second-order valence-corrected chi connectivity index (χ2v) is 17.2. The molecule has 0 saturated heterocycles. The van der Waals surface area contributed by atoms with E-state index in [1.165, 1.54) is 199 Å². The summed E-state index contributed by atoms with van der Waals surface area (Å²) in [6, 6.07) is -0.629. The van der Waals surface area contributed by atoms with E-state index in [4.69, 9.17) is 4.74 Å². The molecule has 0 aliphatic carbocycles. The van der Waals surface area contributed by atoms with E-state index in [-0.39, 0.29) is 18.5 Å². The Kier molecular flexibility index (Phi) is 45.1. The highest BCUT2D eigenvalue weighted by Gasteiger charge is 2.18.